The molecule has 5 rings (SSSR count). The van der Waals surface area contributed by atoms with E-state index in [1.165, 1.54) is 18.1 Å². The van der Waals surface area contributed by atoms with E-state index in [0.717, 1.165) is 13.1 Å². The summed E-state index contributed by atoms with van der Waals surface area (Å²) in [6.07, 6.45) is 1.75. The molecule has 1 unspecified atom stereocenters. The number of nitrogens with zero attached hydrogens (tertiary/aromatic N) is 4. The molecule has 1 amide bonds. The van der Waals surface area contributed by atoms with Crippen LogP contribution >= 0.6 is 0 Å². The second-order valence-corrected chi connectivity index (χ2v) is 8.85. The van der Waals surface area contributed by atoms with Crippen molar-refractivity contribution in [1.29, 1.82) is 0 Å². The summed E-state index contributed by atoms with van der Waals surface area (Å²) >= 11 is 0. The number of fused-ring (bicyclic) bond motifs is 1. The first-order valence-corrected chi connectivity index (χ1v) is 11.8. The highest BCUT2D eigenvalue weighted by molar-refractivity contribution is 6.46. The molecule has 2 aliphatic rings. The van der Waals surface area contributed by atoms with E-state index < -0.39 is 17.7 Å². The van der Waals surface area contributed by atoms with E-state index in [0.29, 0.717) is 42.4 Å². The van der Waals surface area contributed by atoms with Gasteiger partial charge >= 0.3 is 0 Å². The Kier molecular flexibility index (Phi) is 6.38. The molecule has 10 heteroatoms. The van der Waals surface area contributed by atoms with Gasteiger partial charge in [-0.05, 0) is 36.8 Å². The number of phenols is 1. The highest BCUT2D eigenvalue weighted by Crippen LogP contribution is 2.42. The van der Waals surface area contributed by atoms with Crippen molar-refractivity contribution in [2.45, 2.75) is 13.0 Å². The Morgan fingerprint density at radius 3 is 2.69 bits per heavy atom. The molecule has 3 aromatic rings. The molecule has 0 spiro atoms. The van der Waals surface area contributed by atoms with Crippen LogP contribution in [0.2, 0.25) is 0 Å². The first kappa shape index (κ1) is 23.8. The number of carbonyl (C=O) groups excluding carboxylic acids is 2. The Hall–Kier alpha value is -3.89. The normalized spacial score (nSPS) is 20.4. The first-order valence-electron chi connectivity index (χ1n) is 11.8. The monoisotopic (exact) mass is 492 g/mol. The summed E-state index contributed by atoms with van der Waals surface area (Å²) in [4.78, 5) is 34.8. The lowest BCUT2D eigenvalue weighted by Crippen LogP contribution is -2.42. The molecular weight excluding hydrogens is 464 g/mol. The number of aryl methyl sites for hydroxylation is 1. The third-order valence-corrected chi connectivity index (χ3v) is 6.75. The van der Waals surface area contributed by atoms with Crippen LogP contribution in [-0.2, 0) is 14.3 Å². The Bertz CT molecular complexity index is 1360. The maximum atomic E-state index is 13.4. The summed E-state index contributed by atoms with van der Waals surface area (Å²) in [5.41, 5.74) is 2.01. The number of hydrogen-bond acceptors (Lipinski definition) is 8. The van der Waals surface area contributed by atoms with Crippen LogP contribution in [0.3, 0.4) is 0 Å². The predicted octanol–water partition coefficient (Wildman–Crippen LogP) is 2.11. The van der Waals surface area contributed by atoms with E-state index in [1.54, 1.807) is 41.8 Å². The van der Waals surface area contributed by atoms with E-state index in [1.807, 2.05) is 6.07 Å². The molecule has 0 aliphatic carbocycles. The predicted molar refractivity (Wildman–Crippen MR) is 131 cm³/mol. The molecule has 1 aromatic carbocycles. The van der Waals surface area contributed by atoms with Crippen LogP contribution in [0.25, 0.3) is 11.4 Å². The van der Waals surface area contributed by atoms with Crippen molar-refractivity contribution in [1.82, 2.24) is 19.2 Å². The number of phenolic OH excluding ortho intramolecular Hbond substituents is 1. The minimum Gasteiger partial charge on any atom is -0.505 e. The average Bonchev–Trinajstić information content (AvgIpc) is 3.36. The maximum absolute atomic E-state index is 13.4. The number of morpholine rings is 1. The van der Waals surface area contributed by atoms with Crippen molar-refractivity contribution in [3.63, 3.8) is 0 Å². The minimum absolute atomic E-state index is 0.0246. The number of rotatable bonds is 6. The molecule has 2 N–H and O–H groups in total. The molecule has 2 fully saturated rings. The fourth-order valence-corrected chi connectivity index (χ4v) is 4.92. The van der Waals surface area contributed by atoms with Crippen molar-refractivity contribution in [3.05, 3.63) is 65.1 Å². The second-order valence-electron chi connectivity index (χ2n) is 8.85. The van der Waals surface area contributed by atoms with E-state index in [2.05, 4.69) is 9.88 Å². The number of aromatic nitrogens is 2. The zero-order valence-corrected chi connectivity index (χ0v) is 20.2. The first-order chi connectivity index (χ1) is 17.4. The lowest BCUT2D eigenvalue weighted by molar-refractivity contribution is -0.140. The summed E-state index contributed by atoms with van der Waals surface area (Å²) in [6.45, 7) is 5.29. The fraction of sp³-hybridized carbons (Fsp3) is 0.346. The Labute approximate surface area is 208 Å². The molecule has 0 bridgehead atoms. The van der Waals surface area contributed by atoms with Crippen LogP contribution in [0.15, 0.2) is 48.2 Å². The number of ether oxygens (including phenoxy) is 2. The number of methoxy groups -OCH3 is 1. The molecule has 1 atom stereocenters. The Morgan fingerprint density at radius 2 is 1.94 bits per heavy atom. The minimum atomic E-state index is -0.866. The Balaban J connectivity index is 1.63. The second kappa shape index (κ2) is 9.63. The van der Waals surface area contributed by atoms with Crippen molar-refractivity contribution in [2.24, 2.45) is 0 Å². The van der Waals surface area contributed by atoms with Gasteiger partial charge in [0, 0.05) is 32.4 Å². The van der Waals surface area contributed by atoms with E-state index in [9.17, 15) is 19.8 Å². The van der Waals surface area contributed by atoms with Crippen LogP contribution in [0.1, 0.15) is 23.0 Å². The summed E-state index contributed by atoms with van der Waals surface area (Å²) < 4.78 is 12.4. The lowest BCUT2D eigenvalue weighted by Gasteiger charge is -2.31. The van der Waals surface area contributed by atoms with Gasteiger partial charge in [0.25, 0.3) is 11.7 Å². The quantitative estimate of drug-likeness (QED) is 0.305. The van der Waals surface area contributed by atoms with Gasteiger partial charge < -0.3 is 24.6 Å². The molecule has 0 radical (unpaired) electrons. The van der Waals surface area contributed by atoms with Gasteiger partial charge in [-0.1, -0.05) is 12.1 Å². The summed E-state index contributed by atoms with van der Waals surface area (Å²) in [5.74, 6) is -1.61. The van der Waals surface area contributed by atoms with Crippen LogP contribution in [0.5, 0.6) is 11.5 Å². The van der Waals surface area contributed by atoms with Crippen LogP contribution in [0.4, 0.5) is 0 Å². The Morgan fingerprint density at radius 1 is 1.17 bits per heavy atom. The van der Waals surface area contributed by atoms with Gasteiger partial charge in [0.2, 0.25) is 0 Å². The van der Waals surface area contributed by atoms with Gasteiger partial charge in [0.05, 0.1) is 37.6 Å². The van der Waals surface area contributed by atoms with Crippen LogP contribution in [0, 0.1) is 6.92 Å². The molecule has 2 aliphatic heterocycles. The number of pyridine rings is 1. The molecule has 0 saturated carbocycles. The number of carbonyl (C=O) groups is 2. The number of aromatic hydroxyl groups is 1. The number of hydrogen-bond donors (Lipinski definition) is 2. The third-order valence-electron chi connectivity index (χ3n) is 6.75. The number of amides is 1. The highest BCUT2D eigenvalue weighted by atomic mass is 16.5. The molecule has 2 saturated heterocycles. The van der Waals surface area contributed by atoms with Crippen molar-refractivity contribution < 1.29 is 29.3 Å². The van der Waals surface area contributed by atoms with Gasteiger partial charge in [-0.25, -0.2) is 4.98 Å². The molecule has 188 valence electrons. The zero-order valence-electron chi connectivity index (χ0n) is 20.2. The van der Waals surface area contributed by atoms with Crippen molar-refractivity contribution in [2.75, 3.05) is 46.5 Å². The average molecular weight is 493 g/mol. The smallest absolute Gasteiger partial charge is 0.295 e. The van der Waals surface area contributed by atoms with Gasteiger partial charge in [-0.3, -0.25) is 18.9 Å². The van der Waals surface area contributed by atoms with Gasteiger partial charge in [-0.2, -0.15) is 0 Å². The summed E-state index contributed by atoms with van der Waals surface area (Å²) in [6, 6.07) is 9.23. The number of benzene rings is 1. The van der Waals surface area contributed by atoms with Crippen molar-refractivity contribution in [3.8, 4) is 11.5 Å². The van der Waals surface area contributed by atoms with Gasteiger partial charge in [0.1, 0.15) is 11.3 Å². The van der Waals surface area contributed by atoms with Crippen LogP contribution < -0.4 is 4.74 Å². The lowest BCUT2D eigenvalue weighted by atomic mass is 9.96. The zero-order chi connectivity index (χ0) is 25.4. The standard InChI is InChI=1S/C26H28N4O6/c1-16-22(29-8-4-3-5-20(29)27-16)24(32)21-23(17-6-7-18(31)19(15-17)35-2)30(26(34)25(21)33)10-9-28-11-13-36-14-12-28/h3-8,15,23,31-32H,9-14H2,1-2H3/b24-21+. The topological polar surface area (TPSA) is 117 Å². The SMILES string of the molecule is COc1cc(C2/C(=C(\O)c3c(C)nc4ccccn34)C(=O)C(=O)N2CCN2CCOCC2)ccc1O. The number of likely N-dealkylation sites (tertiary alicyclic amines) is 1. The van der Waals surface area contributed by atoms with Gasteiger partial charge in [-0.15, -0.1) is 0 Å². The molecule has 4 heterocycles. The summed E-state index contributed by atoms with van der Waals surface area (Å²) in [7, 11) is 1.43. The molecule has 2 aromatic heterocycles. The third kappa shape index (κ3) is 4.08. The van der Waals surface area contributed by atoms with Gasteiger partial charge in [0.15, 0.2) is 17.3 Å². The van der Waals surface area contributed by atoms with E-state index in [4.69, 9.17) is 9.47 Å². The highest BCUT2D eigenvalue weighted by Gasteiger charge is 2.46. The maximum Gasteiger partial charge on any atom is 0.295 e. The molecular formula is C26H28N4O6. The van der Waals surface area contributed by atoms with E-state index in [-0.39, 0.29) is 29.4 Å². The van der Waals surface area contributed by atoms with Crippen LogP contribution in [-0.4, -0.2) is 87.6 Å². The molecule has 36 heavy (non-hydrogen) atoms. The number of aliphatic hydroxyl groups is 1. The fourth-order valence-electron chi connectivity index (χ4n) is 4.92. The largest absolute Gasteiger partial charge is 0.505 e. The number of aliphatic hydroxyl groups excluding tert-OH is 1. The van der Waals surface area contributed by atoms with E-state index >= 15 is 0 Å². The van der Waals surface area contributed by atoms with Crippen molar-refractivity contribution >= 4 is 23.1 Å². The number of ketones is 1. The number of Topliss-reactive ketones (excluding diaryl/α,β-unsaturated/α-hetero) is 1. The summed E-state index contributed by atoms with van der Waals surface area (Å²) in [5, 5.41) is 21.7. The molecule has 10 nitrogen and oxygen atoms in total. The number of imidazole rings is 1.